The molecule has 3 heteroatoms. The highest BCUT2D eigenvalue weighted by molar-refractivity contribution is 6.20. The second-order valence-corrected chi connectivity index (χ2v) is 5.92. The summed E-state index contributed by atoms with van der Waals surface area (Å²) in [6, 6.07) is 0. The molecule has 16 heavy (non-hydrogen) atoms. The van der Waals surface area contributed by atoms with Gasteiger partial charge in [0.1, 0.15) is 0 Å². The maximum Gasteiger partial charge on any atom is 0.223 e. The maximum absolute atomic E-state index is 11.8. The van der Waals surface area contributed by atoms with Crippen molar-refractivity contribution in [3.63, 3.8) is 0 Å². The van der Waals surface area contributed by atoms with Crippen LogP contribution in [-0.4, -0.2) is 17.8 Å². The second-order valence-electron chi connectivity index (χ2n) is 5.31. The molecule has 1 unspecified atom stereocenters. The van der Waals surface area contributed by atoms with Crippen molar-refractivity contribution in [2.45, 2.75) is 57.7 Å². The van der Waals surface area contributed by atoms with Gasteiger partial charge in [0.2, 0.25) is 5.91 Å². The van der Waals surface area contributed by atoms with Crippen LogP contribution < -0.4 is 5.32 Å². The molecule has 1 amide bonds. The zero-order chi connectivity index (χ0) is 12.0. The van der Waals surface area contributed by atoms with Gasteiger partial charge in [-0.15, -0.1) is 11.6 Å². The highest BCUT2D eigenvalue weighted by Crippen LogP contribution is 2.23. The molecule has 1 rings (SSSR count). The molecule has 0 spiro atoms. The fourth-order valence-electron chi connectivity index (χ4n) is 2.32. The van der Waals surface area contributed by atoms with Gasteiger partial charge in [0.25, 0.3) is 0 Å². The van der Waals surface area contributed by atoms with Gasteiger partial charge in [-0.2, -0.15) is 0 Å². The van der Waals surface area contributed by atoms with E-state index in [1.165, 1.54) is 19.3 Å². The van der Waals surface area contributed by atoms with Crippen LogP contribution in [0.1, 0.15) is 52.4 Å². The lowest BCUT2D eigenvalue weighted by molar-refractivity contribution is -0.125. The van der Waals surface area contributed by atoms with E-state index in [1.54, 1.807) is 0 Å². The molecule has 0 saturated heterocycles. The fraction of sp³-hybridized carbons (Fsp3) is 0.923. The zero-order valence-corrected chi connectivity index (χ0v) is 11.2. The lowest BCUT2D eigenvalue weighted by Crippen LogP contribution is -2.36. The molecule has 0 radical (unpaired) electrons. The maximum atomic E-state index is 11.8. The predicted molar refractivity (Wildman–Crippen MR) is 68.7 cm³/mol. The van der Waals surface area contributed by atoms with Crippen LogP contribution in [0.25, 0.3) is 0 Å². The molecule has 0 aliphatic heterocycles. The standard InChI is InChI=1S/C13H24ClNO/c1-10(2)8-12(14)9-15-13(16)11-6-4-3-5-7-11/h10-12H,3-9H2,1-2H3,(H,15,16). The Morgan fingerprint density at radius 3 is 2.50 bits per heavy atom. The van der Waals surface area contributed by atoms with E-state index in [4.69, 9.17) is 11.6 Å². The summed E-state index contributed by atoms with van der Waals surface area (Å²) in [6.45, 7) is 4.92. The summed E-state index contributed by atoms with van der Waals surface area (Å²) < 4.78 is 0. The minimum absolute atomic E-state index is 0.0764. The molecule has 94 valence electrons. The number of amides is 1. The van der Waals surface area contributed by atoms with Crippen molar-refractivity contribution >= 4 is 17.5 Å². The molecular weight excluding hydrogens is 222 g/mol. The molecule has 0 heterocycles. The lowest BCUT2D eigenvalue weighted by atomic mass is 9.88. The van der Waals surface area contributed by atoms with Gasteiger partial charge in [0.15, 0.2) is 0 Å². The Balaban J connectivity index is 2.18. The average Bonchev–Trinajstić information content (AvgIpc) is 2.26. The summed E-state index contributed by atoms with van der Waals surface area (Å²) in [5.74, 6) is 1.06. The van der Waals surface area contributed by atoms with E-state index >= 15 is 0 Å². The van der Waals surface area contributed by atoms with Gasteiger partial charge < -0.3 is 5.32 Å². The monoisotopic (exact) mass is 245 g/mol. The molecular formula is C13H24ClNO. The van der Waals surface area contributed by atoms with Crippen LogP contribution in [0.15, 0.2) is 0 Å². The highest BCUT2D eigenvalue weighted by atomic mass is 35.5. The minimum Gasteiger partial charge on any atom is -0.354 e. The number of hydrogen-bond acceptors (Lipinski definition) is 1. The van der Waals surface area contributed by atoms with Crippen molar-refractivity contribution in [2.75, 3.05) is 6.54 Å². The van der Waals surface area contributed by atoms with Crippen molar-refractivity contribution < 1.29 is 4.79 Å². The van der Waals surface area contributed by atoms with E-state index in [9.17, 15) is 4.79 Å². The van der Waals surface area contributed by atoms with E-state index in [-0.39, 0.29) is 17.2 Å². The van der Waals surface area contributed by atoms with Gasteiger partial charge in [-0.3, -0.25) is 4.79 Å². The molecule has 1 saturated carbocycles. The van der Waals surface area contributed by atoms with Gasteiger partial charge in [0, 0.05) is 12.5 Å². The summed E-state index contributed by atoms with van der Waals surface area (Å²) in [6.07, 6.45) is 6.77. The van der Waals surface area contributed by atoms with Crippen molar-refractivity contribution in [1.29, 1.82) is 0 Å². The van der Waals surface area contributed by atoms with Gasteiger partial charge >= 0.3 is 0 Å². The van der Waals surface area contributed by atoms with Gasteiger partial charge in [0.05, 0.1) is 5.38 Å². The number of nitrogens with one attached hydrogen (secondary N) is 1. The van der Waals surface area contributed by atoms with Crippen molar-refractivity contribution in [2.24, 2.45) is 11.8 Å². The molecule has 0 aromatic heterocycles. The van der Waals surface area contributed by atoms with Crippen molar-refractivity contribution in [1.82, 2.24) is 5.32 Å². The smallest absolute Gasteiger partial charge is 0.223 e. The fourth-order valence-corrected chi connectivity index (χ4v) is 2.75. The van der Waals surface area contributed by atoms with Gasteiger partial charge in [-0.05, 0) is 25.2 Å². The Kier molecular flexibility index (Phi) is 6.18. The number of carbonyl (C=O) groups is 1. The summed E-state index contributed by atoms with van der Waals surface area (Å²) in [4.78, 5) is 11.8. The highest BCUT2D eigenvalue weighted by Gasteiger charge is 2.21. The SMILES string of the molecule is CC(C)CC(Cl)CNC(=O)C1CCCCC1. The molecule has 1 atom stereocenters. The molecule has 0 bridgehead atoms. The number of alkyl halides is 1. The topological polar surface area (TPSA) is 29.1 Å². The van der Waals surface area contributed by atoms with E-state index in [2.05, 4.69) is 19.2 Å². The number of carbonyl (C=O) groups excluding carboxylic acids is 1. The Labute approximate surface area is 104 Å². The van der Waals surface area contributed by atoms with Gasteiger partial charge in [-0.25, -0.2) is 0 Å². The Hall–Kier alpha value is -0.240. The first-order valence-electron chi connectivity index (χ1n) is 6.51. The largest absolute Gasteiger partial charge is 0.354 e. The predicted octanol–water partition coefficient (Wildman–Crippen LogP) is 3.34. The molecule has 1 aliphatic carbocycles. The number of halogens is 1. The quantitative estimate of drug-likeness (QED) is 0.740. The first-order valence-corrected chi connectivity index (χ1v) is 6.95. The van der Waals surface area contributed by atoms with E-state index in [1.807, 2.05) is 0 Å². The van der Waals surface area contributed by atoms with Crippen molar-refractivity contribution in [3.05, 3.63) is 0 Å². The first-order chi connectivity index (χ1) is 7.59. The lowest BCUT2D eigenvalue weighted by Gasteiger charge is -2.21. The molecule has 2 nitrogen and oxygen atoms in total. The molecule has 1 fully saturated rings. The van der Waals surface area contributed by atoms with E-state index in [0.29, 0.717) is 12.5 Å². The third-order valence-electron chi connectivity index (χ3n) is 3.20. The van der Waals surface area contributed by atoms with E-state index < -0.39 is 0 Å². The molecule has 0 aromatic rings. The molecule has 1 aliphatic rings. The van der Waals surface area contributed by atoms with Crippen LogP contribution in [-0.2, 0) is 4.79 Å². The van der Waals surface area contributed by atoms with Crippen LogP contribution in [0.5, 0.6) is 0 Å². The average molecular weight is 246 g/mol. The van der Waals surface area contributed by atoms with Gasteiger partial charge in [-0.1, -0.05) is 33.1 Å². The third-order valence-corrected chi connectivity index (χ3v) is 3.53. The van der Waals surface area contributed by atoms with E-state index in [0.717, 1.165) is 19.3 Å². The molecule has 0 aromatic carbocycles. The second kappa shape index (κ2) is 7.16. The first kappa shape index (κ1) is 13.8. The van der Waals surface area contributed by atoms with Crippen molar-refractivity contribution in [3.8, 4) is 0 Å². The Bertz CT molecular complexity index is 212. The summed E-state index contributed by atoms with van der Waals surface area (Å²) >= 11 is 6.14. The van der Waals surface area contributed by atoms with Crippen LogP contribution in [0.4, 0.5) is 0 Å². The number of hydrogen-bond donors (Lipinski definition) is 1. The van der Waals surface area contributed by atoms with Crippen LogP contribution in [0.2, 0.25) is 0 Å². The Morgan fingerprint density at radius 2 is 1.94 bits per heavy atom. The summed E-state index contributed by atoms with van der Waals surface area (Å²) in [5, 5.41) is 3.06. The number of rotatable bonds is 5. The Morgan fingerprint density at radius 1 is 1.31 bits per heavy atom. The third kappa shape index (κ3) is 5.20. The van der Waals surface area contributed by atoms with Crippen LogP contribution >= 0.6 is 11.6 Å². The zero-order valence-electron chi connectivity index (χ0n) is 10.5. The summed E-state index contributed by atoms with van der Waals surface area (Å²) in [7, 11) is 0. The molecule has 1 N–H and O–H groups in total. The van der Waals surface area contributed by atoms with Crippen LogP contribution in [0.3, 0.4) is 0 Å². The normalized spacial score (nSPS) is 19.8. The van der Waals surface area contributed by atoms with Crippen LogP contribution in [0, 0.1) is 11.8 Å². The minimum atomic E-state index is 0.0764. The summed E-state index contributed by atoms with van der Waals surface area (Å²) in [5.41, 5.74) is 0.